The molecule has 7 nitrogen and oxygen atoms in total. The van der Waals surface area contributed by atoms with Gasteiger partial charge in [-0.15, -0.1) is 0 Å². The lowest BCUT2D eigenvalue weighted by molar-refractivity contribution is -0.119. The van der Waals surface area contributed by atoms with Crippen LogP contribution >= 0.6 is 0 Å². The number of hydrogen-bond donors (Lipinski definition) is 0. The van der Waals surface area contributed by atoms with E-state index in [0.29, 0.717) is 37.7 Å². The van der Waals surface area contributed by atoms with Crippen LogP contribution in [0.2, 0.25) is 0 Å². The van der Waals surface area contributed by atoms with Crippen LogP contribution in [0.4, 0.5) is 5.95 Å². The summed E-state index contributed by atoms with van der Waals surface area (Å²) in [5.41, 5.74) is 0.513. The first kappa shape index (κ1) is 15.7. The Kier molecular flexibility index (Phi) is 4.73. The normalized spacial score (nSPS) is 19.8. The molecule has 3 heterocycles. The van der Waals surface area contributed by atoms with E-state index in [9.17, 15) is 9.59 Å². The highest BCUT2D eigenvalue weighted by Crippen LogP contribution is 2.19. The first-order valence-electron chi connectivity index (χ1n) is 8.23. The van der Waals surface area contributed by atoms with Gasteiger partial charge in [-0.1, -0.05) is 6.92 Å². The zero-order valence-electron chi connectivity index (χ0n) is 13.5. The number of carbonyl (C=O) groups is 2. The van der Waals surface area contributed by atoms with E-state index in [0.717, 1.165) is 38.3 Å². The number of rotatable bonds is 3. The molecule has 1 aromatic heterocycles. The summed E-state index contributed by atoms with van der Waals surface area (Å²) >= 11 is 0. The minimum Gasteiger partial charge on any atom is -0.342 e. The Morgan fingerprint density at radius 3 is 2.26 bits per heavy atom. The molecule has 2 saturated heterocycles. The molecule has 124 valence electrons. The number of amides is 2. The van der Waals surface area contributed by atoms with Crippen molar-refractivity contribution >= 4 is 18.3 Å². The van der Waals surface area contributed by atoms with Gasteiger partial charge in [-0.2, -0.15) is 0 Å². The van der Waals surface area contributed by atoms with E-state index in [1.807, 2.05) is 0 Å². The smallest absolute Gasteiger partial charge is 0.257 e. The molecular formula is C16H23N5O2. The van der Waals surface area contributed by atoms with Gasteiger partial charge in [-0.3, -0.25) is 9.59 Å². The van der Waals surface area contributed by atoms with Crippen LogP contribution in [0.25, 0.3) is 0 Å². The van der Waals surface area contributed by atoms with Crippen molar-refractivity contribution in [3.8, 4) is 0 Å². The Hall–Kier alpha value is -2.18. The van der Waals surface area contributed by atoms with Gasteiger partial charge in [0.15, 0.2) is 0 Å². The van der Waals surface area contributed by atoms with Crippen molar-refractivity contribution in [1.29, 1.82) is 0 Å². The van der Waals surface area contributed by atoms with Crippen molar-refractivity contribution in [3.63, 3.8) is 0 Å². The summed E-state index contributed by atoms with van der Waals surface area (Å²) in [5.74, 6) is 1.41. The number of piperidine rings is 1. The summed E-state index contributed by atoms with van der Waals surface area (Å²) in [4.78, 5) is 37.5. The molecule has 23 heavy (non-hydrogen) atoms. The van der Waals surface area contributed by atoms with E-state index in [-0.39, 0.29) is 5.91 Å². The van der Waals surface area contributed by atoms with Crippen LogP contribution in [0.1, 0.15) is 30.1 Å². The second-order valence-corrected chi connectivity index (χ2v) is 6.37. The lowest BCUT2D eigenvalue weighted by Gasteiger charge is -2.32. The lowest BCUT2D eigenvalue weighted by atomic mass is 10.00. The van der Waals surface area contributed by atoms with Crippen molar-refractivity contribution in [2.75, 3.05) is 44.2 Å². The van der Waals surface area contributed by atoms with Crippen LogP contribution < -0.4 is 4.90 Å². The van der Waals surface area contributed by atoms with E-state index >= 15 is 0 Å². The maximum atomic E-state index is 12.5. The zero-order chi connectivity index (χ0) is 16.2. The number of carbonyl (C=O) groups excluding carboxylic acids is 2. The average molecular weight is 317 g/mol. The number of hydrogen-bond acceptors (Lipinski definition) is 5. The Morgan fingerprint density at radius 2 is 1.70 bits per heavy atom. The van der Waals surface area contributed by atoms with E-state index < -0.39 is 0 Å². The third-order valence-corrected chi connectivity index (χ3v) is 4.70. The monoisotopic (exact) mass is 317 g/mol. The van der Waals surface area contributed by atoms with Crippen molar-refractivity contribution in [3.05, 3.63) is 18.0 Å². The van der Waals surface area contributed by atoms with Crippen LogP contribution in [0.3, 0.4) is 0 Å². The first-order valence-corrected chi connectivity index (χ1v) is 8.23. The second-order valence-electron chi connectivity index (χ2n) is 6.37. The summed E-state index contributed by atoms with van der Waals surface area (Å²) in [6.45, 7) is 6.50. The maximum Gasteiger partial charge on any atom is 0.257 e. The quantitative estimate of drug-likeness (QED) is 0.765. The molecule has 0 bridgehead atoms. The van der Waals surface area contributed by atoms with Crippen molar-refractivity contribution < 1.29 is 9.59 Å². The fourth-order valence-electron chi connectivity index (χ4n) is 3.02. The summed E-state index contributed by atoms with van der Waals surface area (Å²) in [6.07, 6.45) is 6.39. The fraction of sp³-hybridized carbons (Fsp3) is 0.625. The Labute approximate surface area is 136 Å². The molecule has 0 spiro atoms. The van der Waals surface area contributed by atoms with Crippen molar-refractivity contribution in [2.45, 2.75) is 19.8 Å². The predicted molar refractivity (Wildman–Crippen MR) is 86.2 cm³/mol. The van der Waals surface area contributed by atoms with Crippen LogP contribution in [-0.2, 0) is 4.79 Å². The molecule has 7 heteroatoms. The topological polar surface area (TPSA) is 69.6 Å². The van der Waals surface area contributed by atoms with Crippen molar-refractivity contribution in [2.24, 2.45) is 5.92 Å². The van der Waals surface area contributed by atoms with Crippen molar-refractivity contribution in [1.82, 2.24) is 19.8 Å². The molecule has 3 rings (SSSR count). The molecule has 0 radical (unpaired) electrons. The molecule has 0 N–H and O–H groups in total. The van der Waals surface area contributed by atoms with Crippen LogP contribution in [0.15, 0.2) is 12.4 Å². The molecule has 0 saturated carbocycles. The van der Waals surface area contributed by atoms with Crippen LogP contribution in [0.5, 0.6) is 0 Å². The standard InChI is InChI=1S/C16H23N5O2/c1-13-2-4-21(5-3-13)16-17-10-14(11-18-16)15(23)20-8-6-19(12-22)7-9-20/h10-13H,2-9H2,1H3. The molecule has 2 aliphatic heterocycles. The molecule has 0 aromatic carbocycles. The number of anilines is 1. The minimum absolute atomic E-state index is 0.0608. The summed E-state index contributed by atoms with van der Waals surface area (Å²) in [6, 6.07) is 0. The molecule has 0 unspecified atom stereocenters. The summed E-state index contributed by atoms with van der Waals surface area (Å²) in [5, 5.41) is 0. The Morgan fingerprint density at radius 1 is 1.09 bits per heavy atom. The number of nitrogens with zero attached hydrogens (tertiary/aromatic N) is 5. The molecule has 2 aliphatic rings. The molecule has 0 aliphatic carbocycles. The maximum absolute atomic E-state index is 12.5. The van der Waals surface area contributed by atoms with Gasteiger partial charge in [-0.25, -0.2) is 9.97 Å². The van der Waals surface area contributed by atoms with Gasteiger partial charge in [0.25, 0.3) is 5.91 Å². The highest BCUT2D eigenvalue weighted by atomic mass is 16.2. The third-order valence-electron chi connectivity index (χ3n) is 4.70. The van der Waals surface area contributed by atoms with Gasteiger partial charge in [0, 0.05) is 51.7 Å². The van der Waals surface area contributed by atoms with Gasteiger partial charge >= 0.3 is 0 Å². The lowest BCUT2D eigenvalue weighted by Crippen LogP contribution is -2.48. The Balaban J connectivity index is 1.60. The second kappa shape index (κ2) is 6.93. The first-order chi connectivity index (χ1) is 11.2. The van der Waals surface area contributed by atoms with Gasteiger partial charge in [0.05, 0.1) is 5.56 Å². The van der Waals surface area contributed by atoms with Gasteiger partial charge in [0.2, 0.25) is 12.4 Å². The zero-order valence-corrected chi connectivity index (χ0v) is 13.5. The van der Waals surface area contributed by atoms with Gasteiger partial charge in [0.1, 0.15) is 0 Å². The van der Waals surface area contributed by atoms with Crippen LogP contribution in [-0.4, -0.2) is 71.4 Å². The van der Waals surface area contributed by atoms with Gasteiger partial charge in [-0.05, 0) is 18.8 Å². The van der Waals surface area contributed by atoms with E-state index in [1.54, 1.807) is 22.2 Å². The minimum atomic E-state index is -0.0608. The molecule has 2 amide bonds. The highest BCUT2D eigenvalue weighted by Gasteiger charge is 2.23. The van der Waals surface area contributed by atoms with Crippen LogP contribution in [0, 0.1) is 5.92 Å². The number of aromatic nitrogens is 2. The summed E-state index contributed by atoms with van der Waals surface area (Å²) in [7, 11) is 0. The molecule has 0 atom stereocenters. The predicted octanol–water partition coefficient (Wildman–Crippen LogP) is 0.627. The summed E-state index contributed by atoms with van der Waals surface area (Å²) < 4.78 is 0. The van der Waals surface area contributed by atoms with E-state index in [4.69, 9.17) is 0 Å². The van der Waals surface area contributed by atoms with Gasteiger partial charge < -0.3 is 14.7 Å². The highest BCUT2D eigenvalue weighted by molar-refractivity contribution is 5.93. The average Bonchev–Trinajstić information content (AvgIpc) is 2.62. The largest absolute Gasteiger partial charge is 0.342 e. The Bertz CT molecular complexity index is 546. The number of piperazine rings is 1. The molecule has 1 aromatic rings. The molecule has 2 fully saturated rings. The third kappa shape index (κ3) is 3.60. The molecular weight excluding hydrogens is 294 g/mol. The van der Waals surface area contributed by atoms with E-state index in [1.165, 1.54) is 0 Å². The fourth-order valence-corrected chi connectivity index (χ4v) is 3.02. The van der Waals surface area contributed by atoms with E-state index in [2.05, 4.69) is 21.8 Å². The SMILES string of the molecule is CC1CCN(c2ncc(C(=O)N3CCN(C=O)CC3)cn2)CC1.